The lowest BCUT2D eigenvalue weighted by Gasteiger charge is -2.09. The molecule has 0 aliphatic carbocycles. The van der Waals surface area contributed by atoms with Gasteiger partial charge in [-0.05, 0) is 46.7 Å². The van der Waals surface area contributed by atoms with Gasteiger partial charge in [0.2, 0.25) is 0 Å². The van der Waals surface area contributed by atoms with E-state index < -0.39 is 0 Å². The van der Waals surface area contributed by atoms with E-state index in [-0.39, 0.29) is 12.6 Å². The average molecular weight is 277 g/mol. The van der Waals surface area contributed by atoms with Crippen LogP contribution >= 0.6 is 22.6 Å². The number of benzene rings is 1. The fourth-order valence-corrected chi connectivity index (χ4v) is 1.48. The average Bonchev–Trinajstić information content (AvgIpc) is 2.08. The first-order chi connectivity index (χ1) is 5.65. The molecule has 0 fully saturated rings. The van der Waals surface area contributed by atoms with Crippen LogP contribution in [0.25, 0.3) is 0 Å². The molecule has 0 amide bonds. The monoisotopic (exact) mass is 277 g/mol. The van der Waals surface area contributed by atoms with Crippen LogP contribution in [-0.2, 0) is 0 Å². The molecule has 66 valence electrons. The first-order valence-corrected chi connectivity index (χ1v) is 4.85. The van der Waals surface area contributed by atoms with Crippen molar-refractivity contribution in [3.05, 3.63) is 32.9 Å². The van der Waals surface area contributed by atoms with Crippen molar-refractivity contribution in [3.8, 4) is 0 Å². The molecule has 0 saturated heterocycles. The van der Waals surface area contributed by atoms with Crippen LogP contribution in [0.1, 0.15) is 17.2 Å². The van der Waals surface area contributed by atoms with Crippen LogP contribution in [0.4, 0.5) is 0 Å². The van der Waals surface area contributed by atoms with Gasteiger partial charge in [0.05, 0.1) is 12.6 Å². The van der Waals surface area contributed by atoms with E-state index in [9.17, 15) is 0 Å². The summed E-state index contributed by atoms with van der Waals surface area (Å²) in [6, 6.07) is 5.74. The van der Waals surface area contributed by atoms with E-state index in [0.29, 0.717) is 0 Å². The maximum Gasteiger partial charge on any atom is 0.0624 e. The van der Waals surface area contributed by atoms with Crippen molar-refractivity contribution in [1.29, 1.82) is 0 Å². The fourth-order valence-electron chi connectivity index (χ4n) is 0.945. The summed E-state index contributed by atoms with van der Waals surface area (Å²) in [6.07, 6.45) is 0. The third-order valence-corrected chi connectivity index (χ3v) is 2.98. The summed E-state index contributed by atoms with van der Waals surface area (Å²) >= 11 is 2.26. The van der Waals surface area contributed by atoms with Gasteiger partial charge in [0.25, 0.3) is 0 Å². The minimum atomic E-state index is -0.251. The smallest absolute Gasteiger partial charge is 0.0624 e. The Morgan fingerprint density at radius 1 is 1.58 bits per heavy atom. The largest absolute Gasteiger partial charge is 0.394 e. The van der Waals surface area contributed by atoms with Crippen molar-refractivity contribution in [2.45, 2.75) is 13.0 Å². The van der Waals surface area contributed by atoms with Gasteiger partial charge in [-0.25, -0.2) is 0 Å². The summed E-state index contributed by atoms with van der Waals surface area (Å²) in [5.74, 6) is 0. The molecule has 12 heavy (non-hydrogen) atoms. The van der Waals surface area contributed by atoms with Crippen LogP contribution in [0.3, 0.4) is 0 Å². The van der Waals surface area contributed by atoms with Gasteiger partial charge in [0.15, 0.2) is 0 Å². The SMILES string of the molecule is Cc1ccc([C@H](N)CO)cc1I. The zero-order chi connectivity index (χ0) is 9.14. The number of nitrogens with two attached hydrogens (primary N) is 1. The van der Waals surface area contributed by atoms with Crippen LogP contribution in [0, 0.1) is 10.5 Å². The Morgan fingerprint density at radius 3 is 2.75 bits per heavy atom. The number of aliphatic hydroxyl groups excluding tert-OH is 1. The Bertz CT molecular complexity index is 275. The van der Waals surface area contributed by atoms with Crippen LogP contribution in [0.2, 0.25) is 0 Å². The molecule has 1 aromatic rings. The third kappa shape index (κ3) is 2.18. The van der Waals surface area contributed by atoms with E-state index in [1.54, 1.807) is 0 Å². The Kier molecular flexibility index (Phi) is 3.49. The minimum absolute atomic E-state index is 0.000852. The summed E-state index contributed by atoms with van der Waals surface area (Å²) in [5.41, 5.74) is 7.89. The zero-order valence-electron chi connectivity index (χ0n) is 6.92. The van der Waals surface area contributed by atoms with Gasteiger partial charge < -0.3 is 10.8 Å². The molecule has 0 aliphatic rings. The van der Waals surface area contributed by atoms with E-state index >= 15 is 0 Å². The molecule has 1 aromatic carbocycles. The third-order valence-electron chi connectivity index (χ3n) is 1.82. The van der Waals surface area contributed by atoms with Gasteiger partial charge in [0.1, 0.15) is 0 Å². The Balaban J connectivity index is 2.96. The molecule has 0 heterocycles. The van der Waals surface area contributed by atoms with E-state index in [1.165, 1.54) is 9.13 Å². The lowest BCUT2D eigenvalue weighted by atomic mass is 10.1. The highest BCUT2D eigenvalue weighted by Crippen LogP contribution is 2.17. The van der Waals surface area contributed by atoms with Crippen molar-refractivity contribution in [2.75, 3.05) is 6.61 Å². The molecule has 0 spiro atoms. The molecule has 0 aliphatic heterocycles. The van der Waals surface area contributed by atoms with Crippen LogP contribution in [0.5, 0.6) is 0 Å². The lowest BCUT2D eigenvalue weighted by molar-refractivity contribution is 0.268. The summed E-state index contributed by atoms with van der Waals surface area (Å²) in [7, 11) is 0. The number of halogens is 1. The lowest BCUT2D eigenvalue weighted by Crippen LogP contribution is -2.14. The van der Waals surface area contributed by atoms with E-state index in [0.717, 1.165) is 5.56 Å². The van der Waals surface area contributed by atoms with Crippen molar-refractivity contribution >= 4 is 22.6 Å². The zero-order valence-corrected chi connectivity index (χ0v) is 9.08. The molecule has 1 atom stereocenters. The summed E-state index contributed by atoms with van der Waals surface area (Å²) in [6.45, 7) is 2.05. The van der Waals surface area contributed by atoms with Crippen LogP contribution in [0.15, 0.2) is 18.2 Å². The predicted octanol–water partition coefficient (Wildman–Crippen LogP) is 1.59. The second kappa shape index (κ2) is 4.20. The highest BCUT2D eigenvalue weighted by Gasteiger charge is 2.04. The highest BCUT2D eigenvalue weighted by molar-refractivity contribution is 14.1. The molecule has 0 bridgehead atoms. The fraction of sp³-hybridized carbons (Fsp3) is 0.333. The quantitative estimate of drug-likeness (QED) is 0.806. The van der Waals surface area contributed by atoms with Gasteiger partial charge in [-0.15, -0.1) is 0 Å². The molecular weight excluding hydrogens is 265 g/mol. The number of aryl methyl sites for hydroxylation is 1. The Labute approximate surface area is 85.9 Å². The Hall–Kier alpha value is -0.130. The first-order valence-electron chi connectivity index (χ1n) is 3.77. The molecule has 0 aromatic heterocycles. The minimum Gasteiger partial charge on any atom is -0.394 e. The number of aliphatic hydroxyl groups is 1. The maximum absolute atomic E-state index is 8.82. The second-order valence-electron chi connectivity index (χ2n) is 2.80. The predicted molar refractivity (Wildman–Crippen MR) is 57.9 cm³/mol. The van der Waals surface area contributed by atoms with E-state index in [1.807, 2.05) is 18.2 Å². The summed E-state index contributed by atoms with van der Waals surface area (Å²) < 4.78 is 1.19. The van der Waals surface area contributed by atoms with Gasteiger partial charge in [-0.3, -0.25) is 0 Å². The normalized spacial score (nSPS) is 13.0. The molecular formula is C9H12INO. The molecule has 2 nitrogen and oxygen atoms in total. The first kappa shape index (κ1) is 9.95. The number of rotatable bonds is 2. The maximum atomic E-state index is 8.82. The van der Waals surface area contributed by atoms with Crippen LogP contribution < -0.4 is 5.73 Å². The van der Waals surface area contributed by atoms with Gasteiger partial charge in [-0.1, -0.05) is 12.1 Å². The molecule has 3 N–H and O–H groups in total. The van der Waals surface area contributed by atoms with E-state index in [4.69, 9.17) is 10.8 Å². The van der Waals surface area contributed by atoms with Crippen molar-refractivity contribution in [2.24, 2.45) is 5.73 Å². The molecule has 3 heteroatoms. The van der Waals surface area contributed by atoms with Crippen molar-refractivity contribution in [1.82, 2.24) is 0 Å². The van der Waals surface area contributed by atoms with Gasteiger partial charge in [-0.2, -0.15) is 0 Å². The Morgan fingerprint density at radius 2 is 2.25 bits per heavy atom. The summed E-state index contributed by atoms with van der Waals surface area (Å²) in [4.78, 5) is 0. The second-order valence-corrected chi connectivity index (χ2v) is 3.96. The van der Waals surface area contributed by atoms with Gasteiger partial charge >= 0.3 is 0 Å². The van der Waals surface area contributed by atoms with Crippen molar-refractivity contribution < 1.29 is 5.11 Å². The molecule has 1 rings (SSSR count). The number of hydrogen-bond donors (Lipinski definition) is 2. The highest BCUT2D eigenvalue weighted by atomic mass is 127. The molecule has 0 radical (unpaired) electrons. The number of hydrogen-bond acceptors (Lipinski definition) is 2. The topological polar surface area (TPSA) is 46.2 Å². The van der Waals surface area contributed by atoms with Crippen LogP contribution in [-0.4, -0.2) is 11.7 Å². The van der Waals surface area contributed by atoms with E-state index in [2.05, 4.69) is 29.5 Å². The van der Waals surface area contributed by atoms with Gasteiger partial charge in [0, 0.05) is 3.57 Å². The summed E-state index contributed by atoms with van der Waals surface area (Å²) in [5, 5.41) is 8.82. The molecule has 0 saturated carbocycles. The van der Waals surface area contributed by atoms with Crippen molar-refractivity contribution in [3.63, 3.8) is 0 Å². The molecule has 0 unspecified atom stereocenters. The standard InChI is InChI=1S/C9H12INO/c1-6-2-3-7(4-8(6)10)9(11)5-12/h2-4,9,12H,5,11H2,1H3/t9-/m1/s1.